The first-order valence-electron chi connectivity index (χ1n) is 4.65. The SMILES string of the molecule is CCc1cc(C(=O)N2CCC2)n[nH]1. The van der Waals surface area contributed by atoms with E-state index in [-0.39, 0.29) is 5.91 Å². The van der Waals surface area contributed by atoms with E-state index in [4.69, 9.17) is 0 Å². The number of nitrogens with zero attached hydrogens (tertiary/aromatic N) is 2. The molecule has 4 nitrogen and oxygen atoms in total. The summed E-state index contributed by atoms with van der Waals surface area (Å²) in [7, 11) is 0. The van der Waals surface area contributed by atoms with Gasteiger partial charge in [-0.15, -0.1) is 0 Å². The predicted molar refractivity (Wildman–Crippen MR) is 48.5 cm³/mol. The molecule has 0 atom stereocenters. The molecule has 1 amide bonds. The third-order valence-corrected chi connectivity index (χ3v) is 2.37. The molecule has 4 heteroatoms. The number of rotatable bonds is 2. The summed E-state index contributed by atoms with van der Waals surface area (Å²) in [4.78, 5) is 13.4. The van der Waals surface area contributed by atoms with Crippen LogP contribution in [0.15, 0.2) is 6.07 Å². The van der Waals surface area contributed by atoms with Crippen molar-refractivity contribution in [3.05, 3.63) is 17.5 Å². The van der Waals surface area contributed by atoms with E-state index in [1.165, 1.54) is 0 Å². The van der Waals surface area contributed by atoms with Crippen molar-refractivity contribution in [2.75, 3.05) is 13.1 Å². The molecule has 0 bridgehead atoms. The fraction of sp³-hybridized carbons (Fsp3) is 0.556. The Morgan fingerprint density at radius 1 is 1.69 bits per heavy atom. The largest absolute Gasteiger partial charge is 0.337 e. The third kappa shape index (κ3) is 1.43. The van der Waals surface area contributed by atoms with Gasteiger partial charge in [-0.1, -0.05) is 6.92 Å². The van der Waals surface area contributed by atoms with E-state index in [1.54, 1.807) is 0 Å². The summed E-state index contributed by atoms with van der Waals surface area (Å²) in [6.45, 7) is 3.80. The minimum Gasteiger partial charge on any atom is -0.337 e. The number of aromatic nitrogens is 2. The molecule has 1 aromatic rings. The number of hydrogen-bond donors (Lipinski definition) is 1. The Hall–Kier alpha value is -1.32. The summed E-state index contributed by atoms with van der Waals surface area (Å²) in [5, 5.41) is 6.82. The van der Waals surface area contributed by atoms with Gasteiger partial charge in [0, 0.05) is 18.8 Å². The number of carbonyl (C=O) groups is 1. The first-order valence-corrected chi connectivity index (χ1v) is 4.65. The molecule has 1 N–H and O–H groups in total. The number of likely N-dealkylation sites (tertiary alicyclic amines) is 1. The number of carbonyl (C=O) groups excluding carboxylic acids is 1. The summed E-state index contributed by atoms with van der Waals surface area (Å²) in [5.74, 6) is 0.0576. The summed E-state index contributed by atoms with van der Waals surface area (Å²) >= 11 is 0. The van der Waals surface area contributed by atoms with Crippen molar-refractivity contribution >= 4 is 5.91 Å². The zero-order chi connectivity index (χ0) is 9.26. The quantitative estimate of drug-likeness (QED) is 0.730. The van der Waals surface area contributed by atoms with Crippen LogP contribution in [0.2, 0.25) is 0 Å². The van der Waals surface area contributed by atoms with Crippen molar-refractivity contribution in [2.24, 2.45) is 0 Å². The first kappa shape index (κ1) is 8.29. The smallest absolute Gasteiger partial charge is 0.274 e. The predicted octanol–water partition coefficient (Wildman–Crippen LogP) is 0.818. The van der Waals surface area contributed by atoms with Gasteiger partial charge in [-0.05, 0) is 18.9 Å². The maximum absolute atomic E-state index is 11.6. The highest BCUT2D eigenvalue weighted by Gasteiger charge is 2.23. The van der Waals surface area contributed by atoms with Crippen molar-refractivity contribution < 1.29 is 4.79 Å². The molecule has 1 fully saturated rings. The third-order valence-electron chi connectivity index (χ3n) is 2.37. The molecular weight excluding hydrogens is 166 g/mol. The second kappa shape index (κ2) is 3.20. The minimum atomic E-state index is 0.0576. The lowest BCUT2D eigenvalue weighted by Crippen LogP contribution is -2.42. The Kier molecular flexibility index (Phi) is 2.04. The second-order valence-electron chi connectivity index (χ2n) is 3.28. The monoisotopic (exact) mass is 179 g/mol. The van der Waals surface area contributed by atoms with Crippen molar-refractivity contribution in [1.29, 1.82) is 0 Å². The molecule has 1 saturated heterocycles. The maximum atomic E-state index is 11.6. The van der Waals surface area contributed by atoms with E-state index < -0.39 is 0 Å². The average Bonchev–Trinajstić information content (AvgIpc) is 2.48. The number of hydrogen-bond acceptors (Lipinski definition) is 2. The van der Waals surface area contributed by atoms with Crippen LogP contribution in [0.1, 0.15) is 29.5 Å². The van der Waals surface area contributed by atoms with Crippen LogP contribution in [0, 0.1) is 0 Å². The zero-order valence-electron chi connectivity index (χ0n) is 7.71. The molecule has 1 aliphatic rings. The summed E-state index contributed by atoms with van der Waals surface area (Å²) in [6.07, 6.45) is 2.01. The number of H-pyrrole nitrogens is 1. The molecule has 0 unspecified atom stereocenters. The molecular formula is C9H13N3O. The van der Waals surface area contributed by atoms with Gasteiger partial charge in [0.05, 0.1) is 0 Å². The van der Waals surface area contributed by atoms with Crippen LogP contribution in [0.25, 0.3) is 0 Å². The number of aryl methyl sites for hydroxylation is 1. The van der Waals surface area contributed by atoms with Crippen LogP contribution >= 0.6 is 0 Å². The van der Waals surface area contributed by atoms with Crippen molar-refractivity contribution in [3.63, 3.8) is 0 Å². The van der Waals surface area contributed by atoms with Crippen LogP contribution in [-0.4, -0.2) is 34.1 Å². The Labute approximate surface area is 76.9 Å². The maximum Gasteiger partial charge on any atom is 0.274 e. The number of nitrogens with one attached hydrogen (secondary N) is 1. The summed E-state index contributed by atoms with van der Waals surface area (Å²) in [6, 6.07) is 1.83. The normalized spacial score (nSPS) is 15.6. The lowest BCUT2D eigenvalue weighted by molar-refractivity contribution is 0.0645. The highest BCUT2D eigenvalue weighted by molar-refractivity contribution is 5.92. The zero-order valence-corrected chi connectivity index (χ0v) is 7.71. The van der Waals surface area contributed by atoms with Gasteiger partial charge in [-0.25, -0.2) is 0 Å². The highest BCUT2D eigenvalue weighted by Crippen LogP contribution is 2.11. The standard InChI is InChI=1S/C9H13N3O/c1-2-7-6-8(11-10-7)9(13)12-4-3-5-12/h6H,2-5H2,1H3,(H,10,11). The molecule has 0 saturated carbocycles. The Bertz CT molecular complexity index is 314. The molecule has 0 spiro atoms. The molecule has 0 aromatic carbocycles. The number of aromatic amines is 1. The van der Waals surface area contributed by atoms with E-state index in [2.05, 4.69) is 10.2 Å². The first-order chi connectivity index (χ1) is 6.31. The highest BCUT2D eigenvalue weighted by atomic mass is 16.2. The molecule has 70 valence electrons. The van der Waals surface area contributed by atoms with Crippen LogP contribution in [0.4, 0.5) is 0 Å². The summed E-state index contributed by atoms with van der Waals surface area (Å²) < 4.78 is 0. The van der Waals surface area contributed by atoms with Gasteiger partial charge in [-0.3, -0.25) is 9.89 Å². The Morgan fingerprint density at radius 3 is 2.92 bits per heavy atom. The molecule has 1 aliphatic heterocycles. The van der Waals surface area contributed by atoms with Gasteiger partial charge in [0.15, 0.2) is 0 Å². The second-order valence-corrected chi connectivity index (χ2v) is 3.28. The van der Waals surface area contributed by atoms with E-state index >= 15 is 0 Å². The van der Waals surface area contributed by atoms with Crippen LogP contribution in [0.3, 0.4) is 0 Å². The number of amides is 1. The van der Waals surface area contributed by atoms with E-state index in [9.17, 15) is 4.79 Å². The van der Waals surface area contributed by atoms with E-state index in [0.29, 0.717) is 5.69 Å². The fourth-order valence-electron chi connectivity index (χ4n) is 1.33. The lowest BCUT2D eigenvalue weighted by atomic mass is 10.2. The topological polar surface area (TPSA) is 49.0 Å². The molecule has 1 aromatic heterocycles. The van der Waals surface area contributed by atoms with Crippen molar-refractivity contribution in [2.45, 2.75) is 19.8 Å². The summed E-state index contributed by atoms with van der Waals surface area (Å²) in [5.41, 5.74) is 1.57. The Balaban J connectivity index is 2.10. The van der Waals surface area contributed by atoms with Crippen molar-refractivity contribution in [3.8, 4) is 0 Å². The van der Waals surface area contributed by atoms with Gasteiger partial charge >= 0.3 is 0 Å². The van der Waals surface area contributed by atoms with Crippen LogP contribution in [0.5, 0.6) is 0 Å². The fourth-order valence-corrected chi connectivity index (χ4v) is 1.33. The molecule has 2 rings (SSSR count). The lowest BCUT2D eigenvalue weighted by Gasteiger charge is -2.29. The van der Waals surface area contributed by atoms with Gasteiger partial charge in [-0.2, -0.15) is 5.10 Å². The average molecular weight is 179 g/mol. The molecule has 2 heterocycles. The van der Waals surface area contributed by atoms with Gasteiger partial charge in [0.25, 0.3) is 5.91 Å². The van der Waals surface area contributed by atoms with Crippen LogP contribution in [-0.2, 0) is 6.42 Å². The molecule has 13 heavy (non-hydrogen) atoms. The molecule has 0 radical (unpaired) electrons. The Morgan fingerprint density at radius 2 is 2.46 bits per heavy atom. The van der Waals surface area contributed by atoms with Gasteiger partial charge in [0.1, 0.15) is 5.69 Å². The van der Waals surface area contributed by atoms with Crippen molar-refractivity contribution in [1.82, 2.24) is 15.1 Å². The van der Waals surface area contributed by atoms with Gasteiger partial charge < -0.3 is 4.90 Å². The van der Waals surface area contributed by atoms with Crippen LogP contribution < -0.4 is 0 Å². The van der Waals surface area contributed by atoms with E-state index in [1.807, 2.05) is 17.9 Å². The van der Waals surface area contributed by atoms with Gasteiger partial charge in [0.2, 0.25) is 0 Å². The minimum absolute atomic E-state index is 0.0576. The molecule has 0 aliphatic carbocycles. The van der Waals surface area contributed by atoms with E-state index in [0.717, 1.165) is 31.6 Å².